The Labute approximate surface area is 138 Å². The number of carbonyl (C=O) groups excluding carboxylic acids is 1. The van der Waals surface area contributed by atoms with Crippen molar-refractivity contribution in [1.29, 1.82) is 0 Å². The lowest BCUT2D eigenvalue weighted by atomic mass is 10.2. The largest absolute Gasteiger partial charge is 0.302 e. The maximum atomic E-state index is 10.6. The van der Waals surface area contributed by atoms with Crippen LogP contribution in [0.2, 0.25) is 0 Å². The van der Waals surface area contributed by atoms with E-state index >= 15 is 0 Å². The molecule has 1 N–H and O–H groups in total. The first-order chi connectivity index (χ1) is 11.2. The van der Waals surface area contributed by atoms with Crippen LogP contribution in [-0.4, -0.2) is 24.4 Å². The van der Waals surface area contributed by atoms with E-state index in [-0.39, 0.29) is 5.78 Å². The van der Waals surface area contributed by atoms with E-state index in [1.165, 1.54) is 0 Å². The number of benzene rings is 2. The first-order valence-electron chi connectivity index (χ1n) is 6.33. The molecule has 9 nitrogen and oxygen atoms in total. The molecule has 126 valence electrons. The van der Waals surface area contributed by atoms with Crippen molar-refractivity contribution in [2.24, 2.45) is 0 Å². The van der Waals surface area contributed by atoms with Crippen LogP contribution >= 0.6 is 0 Å². The van der Waals surface area contributed by atoms with Gasteiger partial charge in [0.15, 0.2) is 16.9 Å². The van der Waals surface area contributed by atoms with E-state index in [0.29, 0.717) is 6.07 Å². The monoisotopic (exact) mass is 352 g/mol. The minimum atomic E-state index is -2.55. The fraction of sp³-hybridized carbons (Fsp3) is 0.0714. The average Bonchev–Trinajstić information content (AvgIpc) is 2.55. The number of nitrogens with zero attached hydrogens (tertiary/aromatic N) is 2. The molecule has 0 bridgehead atoms. The molecule has 24 heavy (non-hydrogen) atoms. The topological polar surface area (TPSA) is 141 Å². The van der Waals surface area contributed by atoms with E-state index in [1.54, 1.807) is 6.92 Å². The minimum absolute atomic E-state index is 0.121. The quantitative estimate of drug-likeness (QED) is 0.386. The van der Waals surface area contributed by atoms with Crippen LogP contribution in [0.25, 0.3) is 0 Å². The Morgan fingerprint density at radius 2 is 1.62 bits per heavy atom. The average molecular weight is 352 g/mol. The molecule has 0 saturated heterocycles. The number of Topliss-reactive ketones (excluding diaryl/α,β-unsaturated/α-hetero) is 1. The van der Waals surface area contributed by atoms with Gasteiger partial charge in [0.05, 0.1) is 15.9 Å². The van der Waals surface area contributed by atoms with Gasteiger partial charge in [-0.05, 0) is 13.0 Å². The molecule has 0 saturated carbocycles. The molecule has 0 aliphatic heterocycles. The summed E-state index contributed by atoms with van der Waals surface area (Å²) in [7, 11) is 0. The molecule has 0 amide bonds. The number of non-ortho nitro benzene ring substituents is 1. The second-order valence-corrected chi connectivity index (χ2v) is 5.28. The van der Waals surface area contributed by atoms with Crippen LogP contribution in [0, 0.1) is 20.2 Å². The third-order valence-electron chi connectivity index (χ3n) is 2.72. The Morgan fingerprint density at radius 3 is 2.00 bits per heavy atom. The van der Waals surface area contributed by atoms with Crippen LogP contribution in [0.1, 0.15) is 17.3 Å². The van der Waals surface area contributed by atoms with Gasteiger partial charge in [-0.3, -0.25) is 25.0 Å². The summed E-state index contributed by atoms with van der Waals surface area (Å²) in [5.41, 5.74) is -0.474. The predicted molar refractivity (Wildman–Crippen MR) is 85.2 cm³/mol. The fourth-order valence-corrected chi connectivity index (χ4v) is 2.08. The number of ketones is 1. The van der Waals surface area contributed by atoms with Gasteiger partial charge in [0, 0.05) is 11.6 Å². The van der Waals surface area contributed by atoms with E-state index < -0.39 is 37.2 Å². The van der Waals surface area contributed by atoms with Crippen molar-refractivity contribution < 1.29 is 23.4 Å². The number of nitro benzene ring substituents is 2. The third kappa shape index (κ3) is 5.34. The van der Waals surface area contributed by atoms with Gasteiger partial charge in [-0.15, -0.1) is 0 Å². The lowest BCUT2D eigenvalue weighted by Crippen LogP contribution is -1.99. The molecule has 0 heterocycles. The highest BCUT2D eigenvalue weighted by Gasteiger charge is 2.22. The van der Waals surface area contributed by atoms with Gasteiger partial charge in [0.1, 0.15) is 4.90 Å². The van der Waals surface area contributed by atoms with Crippen molar-refractivity contribution >= 4 is 28.2 Å². The maximum absolute atomic E-state index is 10.6. The molecular formula is C14H12N2O7S. The Kier molecular flexibility index (Phi) is 6.83. The predicted octanol–water partition coefficient (Wildman–Crippen LogP) is 2.97. The molecule has 0 radical (unpaired) electrons. The lowest BCUT2D eigenvalue weighted by molar-refractivity contribution is -0.396. The molecule has 1 unspecified atom stereocenters. The highest BCUT2D eigenvalue weighted by Crippen LogP contribution is 2.26. The standard InChI is InChI=1S/C8H8O.C6H4N2O6S/c1-7(9)8-5-3-2-4-6-8;9-7(10)4-1-2-6(15(13)14)5(3-4)8(11)12/h2-6H,1H3;1-3H,(H,13,14). The van der Waals surface area contributed by atoms with Gasteiger partial charge < -0.3 is 4.55 Å². The zero-order valence-electron chi connectivity index (χ0n) is 12.3. The van der Waals surface area contributed by atoms with E-state index in [2.05, 4.69) is 0 Å². The zero-order valence-corrected chi connectivity index (χ0v) is 13.1. The Bertz CT molecular complexity index is 793. The van der Waals surface area contributed by atoms with E-state index in [9.17, 15) is 29.2 Å². The van der Waals surface area contributed by atoms with Crippen molar-refractivity contribution in [1.82, 2.24) is 0 Å². The van der Waals surface area contributed by atoms with Crippen molar-refractivity contribution in [3.05, 3.63) is 74.3 Å². The summed E-state index contributed by atoms with van der Waals surface area (Å²) < 4.78 is 19.3. The van der Waals surface area contributed by atoms with E-state index in [4.69, 9.17) is 4.55 Å². The molecule has 0 spiro atoms. The minimum Gasteiger partial charge on any atom is -0.302 e. The van der Waals surface area contributed by atoms with Crippen molar-refractivity contribution in [2.45, 2.75) is 11.8 Å². The Morgan fingerprint density at radius 1 is 1.04 bits per heavy atom. The molecule has 0 aliphatic rings. The van der Waals surface area contributed by atoms with Crippen molar-refractivity contribution in [3.63, 3.8) is 0 Å². The highest BCUT2D eigenvalue weighted by atomic mass is 32.2. The van der Waals surface area contributed by atoms with Crippen molar-refractivity contribution in [3.8, 4) is 0 Å². The highest BCUT2D eigenvalue weighted by molar-refractivity contribution is 7.79. The molecule has 2 aromatic rings. The summed E-state index contributed by atoms with van der Waals surface area (Å²) in [5, 5.41) is 20.7. The number of nitro groups is 2. The second kappa shape index (κ2) is 8.60. The molecule has 1 atom stereocenters. The molecular weight excluding hydrogens is 340 g/mol. The van der Waals surface area contributed by atoms with Crippen LogP contribution in [-0.2, 0) is 11.1 Å². The van der Waals surface area contributed by atoms with Gasteiger partial charge in [0.2, 0.25) is 0 Å². The van der Waals surface area contributed by atoms with Gasteiger partial charge >= 0.3 is 0 Å². The summed E-state index contributed by atoms with van der Waals surface area (Å²) in [4.78, 5) is 29.1. The zero-order chi connectivity index (χ0) is 18.3. The SMILES string of the molecule is CC(=O)c1ccccc1.O=[N+]([O-])c1ccc(S(=O)O)c([N+](=O)[O-])c1. The summed E-state index contributed by atoms with van der Waals surface area (Å²) in [6.07, 6.45) is 0. The summed E-state index contributed by atoms with van der Waals surface area (Å²) >= 11 is -2.55. The number of hydrogen-bond donors (Lipinski definition) is 1. The number of rotatable bonds is 4. The number of hydrogen-bond acceptors (Lipinski definition) is 6. The van der Waals surface area contributed by atoms with E-state index in [0.717, 1.165) is 17.7 Å². The summed E-state index contributed by atoms with van der Waals surface area (Å²) in [5.74, 6) is 0.121. The molecule has 2 aromatic carbocycles. The third-order valence-corrected chi connectivity index (χ3v) is 3.44. The van der Waals surface area contributed by atoms with E-state index in [1.807, 2.05) is 30.3 Å². The van der Waals surface area contributed by atoms with Crippen LogP contribution < -0.4 is 0 Å². The first kappa shape index (κ1) is 19.1. The summed E-state index contributed by atoms with van der Waals surface area (Å²) in [6, 6.07) is 11.7. The Balaban J connectivity index is 0.000000272. The maximum Gasteiger partial charge on any atom is 0.294 e. The first-order valence-corrected chi connectivity index (χ1v) is 7.44. The Hall–Kier alpha value is -2.98. The molecule has 0 aromatic heterocycles. The van der Waals surface area contributed by atoms with Crippen molar-refractivity contribution in [2.75, 3.05) is 0 Å². The molecule has 0 fully saturated rings. The fourth-order valence-electron chi connectivity index (χ4n) is 1.58. The summed E-state index contributed by atoms with van der Waals surface area (Å²) in [6.45, 7) is 1.56. The normalized spacial score (nSPS) is 10.9. The molecule has 2 rings (SSSR count). The smallest absolute Gasteiger partial charge is 0.294 e. The lowest BCUT2D eigenvalue weighted by Gasteiger charge is -1.97. The van der Waals surface area contributed by atoms with Gasteiger partial charge in [-0.25, -0.2) is 4.21 Å². The molecule has 10 heteroatoms. The van der Waals surface area contributed by atoms with Crippen LogP contribution in [0.5, 0.6) is 0 Å². The van der Waals surface area contributed by atoms with Gasteiger partial charge in [-0.2, -0.15) is 0 Å². The van der Waals surface area contributed by atoms with Crippen LogP contribution in [0.15, 0.2) is 53.4 Å². The van der Waals surface area contributed by atoms with Gasteiger partial charge in [-0.1, -0.05) is 30.3 Å². The second-order valence-electron chi connectivity index (χ2n) is 4.34. The van der Waals surface area contributed by atoms with Crippen LogP contribution in [0.4, 0.5) is 11.4 Å². The molecule has 0 aliphatic carbocycles. The van der Waals surface area contributed by atoms with Gasteiger partial charge in [0.25, 0.3) is 11.4 Å². The van der Waals surface area contributed by atoms with Crippen LogP contribution in [0.3, 0.4) is 0 Å². The number of carbonyl (C=O) groups is 1.